The topological polar surface area (TPSA) is 116 Å². The first kappa shape index (κ1) is 31.0. The number of carbonyl (C=O) groups is 3. The van der Waals surface area contributed by atoms with Crippen LogP contribution in [0.5, 0.6) is 5.75 Å². The molecule has 4 aromatic rings. The Labute approximate surface area is 251 Å². The SMILES string of the molecule is CCOc1ccc(CCN(CCC(=O)O)C(=O)c2ccccc2-c2ccccc2C(=O)N[C@@H](CO)c2ccccc2)cc1. The number of hydrogen-bond acceptors (Lipinski definition) is 5. The van der Waals surface area contributed by atoms with Gasteiger partial charge in [-0.2, -0.15) is 0 Å². The summed E-state index contributed by atoms with van der Waals surface area (Å²) in [6, 6.07) is 30.2. The highest BCUT2D eigenvalue weighted by atomic mass is 16.5. The maximum atomic E-state index is 14.0. The summed E-state index contributed by atoms with van der Waals surface area (Å²) in [6.07, 6.45) is 0.333. The van der Waals surface area contributed by atoms with Gasteiger partial charge in [0.05, 0.1) is 25.7 Å². The summed E-state index contributed by atoms with van der Waals surface area (Å²) >= 11 is 0. The number of hydrogen-bond donors (Lipinski definition) is 3. The molecule has 0 saturated heterocycles. The van der Waals surface area contributed by atoms with Crippen LogP contribution in [0.4, 0.5) is 0 Å². The summed E-state index contributed by atoms with van der Waals surface area (Å²) < 4.78 is 5.51. The van der Waals surface area contributed by atoms with Crippen molar-refractivity contribution in [2.24, 2.45) is 0 Å². The van der Waals surface area contributed by atoms with Crippen molar-refractivity contribution in [1.29, 1.82) is 0 Å². The highest BCUT2D eigenvalue weighted by Crippen LogP contribution is 2.29. The molecule has 8 heteroatoms. The summed E-state index contributed by atoms with van der Waals surface area (Å²) in [5.41, 5.74) is 3.58. The maximum Gasteiger partial charge on any atom is 0.305 e. The summed E-state index contributed by atoms with van der Waals surface area (Å²) in [6.45, 7) is 2.55. The van der Waals surface area contributed by atoms with E-state index in [1.54, 1.807) is 53.4 Å². The van der Waals surface area contributed by atoms with E-state index >= 15 is 0 Å². The van der Waals surface area contributed by atoms with Gasteiger partial charge in [-0.05, 0) is 59.9 Å². The lowest BCUT2D eigenvalue weighted by Gasteiger charge is -2.24. The normalized spacial score (nSPS) is 11.4. The molecule has 2 amide bonds. The molecule has 4 aromatic carbocycles. The molecule has 1 atom stereocenters. The second-order valence-corrected chi connectivity index (χ2v) is 9.97. The highest BCUT2D eigenvalue weighted by molar-refractivity contribution is 6.06. The predicted octanol–water partition coefficient (Wildman–Crippen LogP) is 5.38. The molecule has 0 saturated carbocycles. The molecule has 0 aliphatic rings. The summed E-state index contributed by atoms with van der Waals surface area (Å²) in [5.74, 6) is -0.948. The smallest absolute Gasteiger partial charge is 0.305 e. The number of ether oxygens (including phenoxy) is 1. The molecule has 0 aliphatic carbocycles. The van der Waals surface area contributed by atoms with Gasteiger partial charge in [0, 0.05) is 24.2 Å². The number of carbonyl (C=O) groups excluding carboxylic acids is 2. The Hall–Kier alpha value is -4.95. The zero-order valence-electron chi connectivity index (χ0n) is 24.1. The Morgan fingerprint density at radius 3 is 2.02 bits per heavy atom. The quantitative estimate of drug-likeness (QED) is 0.185. The number of aliphatic carboxylic acids is 1. The van der Waals surface area contributed by atoms with Gasteiger partial charge in [0.25, 0.3) is 11.8 Å². The van der Waals surface area contributed by atoms with Gasteiger partial charge in [-0.1, -0.05) is 78.9 Å². The molecule has 0 unspecified atom stereocenters. The Bertz CT molecular complexity index is 1520. The van der Waals surface area contributed by atoms with Crippen molar-refractivity contribution in [2.45, 2.75) is 25.8 Å². The first-order valence-corrected chi connectivity index (χ1v) is 14.3. The first-order chi connectivity index (χ1) is 20.9. The lowest BCUT2D eigenvalue weighted by Crippen LogP contribution is -2.35. The second kappa shape index (κ2) is 15.3. The van der Waals surface area contributed by atoms with Crippen LogP contribution in [0.15, 0.2) is 103 Å². The van der Waals surface area contributed by atoms with Gasteiger partial charge in [-0.25, -0.2) is 0 Å². The summed E-state index contributed by atoms with van der Waals surface area (Å²) in [7, 11) is 0. The number of carboxylic acids is 1. The number of aliphatic hydroxyl groups is 1. The molecule has 3 N–H and O–H groups in total. The van der Waals surface area contributed by atoms with Crippen LogP contribution in [0, 0.1) is 0 Å². The van der Waals surface area contributed by atoms with E-state index in [1.165, 1.54) is 0 Å². The third kappa shape index (κ3) is 8.30. The average Bonchev–Trinajstić information content (AvgIpc) is 3.04. The molecule has 0 radical (unpaired) electrons. The number of rotatable bonds is 14. The van der Waals surface area contributed by atoms with Crippen molar-refractivity contribution < 1.29 is 29.3 Å². The maximum absolute atomic E-state index is 14.0. The minimum Gasteiger partial charge on any atom is -0.494 e. The molecule has 4 rings (SSSR count). The minimum atomic E-state index is -0.994. The van der Waals surface area contributed by atoms with E-state index in [1.807, 2.05) is 61.5 Å². The van der Waals surface area contributed by atoms with Crippen LogP contribution in [0.3, 0.4) is 0 Å². The minimum absolute atomic E-state index is 0.0386. The monoisotopic (exact) mass is 580 g/mol. The van der Waals surface area contributed by atoms with Crippen LogP contribution in [0.2, 0.25) is 0 Å². The van der Waals surface area contributed by atoms with Gasteiger partial charge in [-0.15, -0.1) is 0 Å². The largest absolute Gasteiger partial charge is 0.494 e. The van der Waals surface area contributed by atoms with Gasteiger partial charge in [0.1, 0.15) is 5.75 Å². The second-order valence-electron chi connectivity index (χ2n) is 9.97. The molecule has 0 bridgehead atoms. The molecule has 43 heavy (non-hydrogen) atoms. The van der Waals surface area contributed by atoms with E-state index in [0.29, 0.717) is 41.8 Å². The molecular weight excluding hydrogens is 544 g/mol. The number of carboxylic acid groups (broad SMARTS) is 1. The fourth-order valence-corrected chi connectivity index (χ4v) is 4.88. The summed E-state index contributed by atoms with van der Waals surface area (Å²) in [4.78, 5) is 40.5. The van der Waals surface area contributed by atoms with E-state index in [2.05, 4.69) is 5.32 Å². The van der Waals surface area contributed by atoms with E-state index in [4.69, 9.17) is 4.74 Å². The average molecular weight is 581 g/mol. The van der Waals surface area contributed by atoms with Crippen molar-refractivity contribution in [2.75, 3.05) is 26.3 Å². The first-order valence-electron chi connectivity index (χ1n) is 14.3. The number of amides is 2. The van der Waals surface area contributed by atoms with Crippen molar-refractivity contribution in [3.63, 3.8) is 0 Å². The van der Waals surface area contributed by atoms with Gasteiger partial charge in [0.15, 0.2) is 0 Å². The lowest BCUT2D eigenvalue weighted by atomic mass is 9.94. The van der Waals surface area contributed by atoms with Crippen LogP contribution in [0.1, 0.15) is 51.2 Å². The fraction of sp³-hybridized carbons (Fsp3) is 0.229. The standard InChI is InChI=1S/C35H36N2O6/c1-2-43-27-18-16-25(17-19-27)20-22-37(23-21-33(39)40)35(42)31-15-9-7-13-29(31)28-12-6-8-14-30(28)34(41)36-32(24-38)26-10-4-3-5-11-26/h3-19,32,38H,2,20-24H2,1H3,(H,36,41)(H,39,40)/t32-/m0/s1. The predicted molar refractivity (Wildman–Crippen MR) is 165 cm³/mol. The van der Waals surface area contributed by atoms with Gasteiger partial charge < -0.3 is 25.2 Å². The molecule has 8 nitrogen and oxygen atoms in total. The van der Waals surface area contributed by atoms with Crippen LogP contribution in [0.25, 0.3) is 11.1 Å². The zero-order chi connectivity index (χ0) is 30.6. The molecule has 0 aliphatic heterocycles. The van der Waals surface area contributed by atoms with Gasteiger partial charge in [-0.3, -0.25) is 14.4 Å². The van der Waals surface area contributed by atoms with Crippen molar-refractivity contribution in [3.8, 4) is 16.9 Å². The molecule has 222 valence electrons. The van der Waals surface area contributed by atoms with Crippen molar-refractivity contribution >= 4 is 17.8 Å². The molecular formula is C35H36N2O6. The number of aliphatic hydroxyl groups excluding tert-OH is 1. The van der Waals surface area contributed by atoms with Gasteiger partial charge in [0.2, 0.25) is 0 Å². The van der Waals surface area contributed by atoms with Crippen molar-refractivity contribution in [3.05, 3.63) is 125 Å². The molecule has 0 heterocycles. The Balaban J connectivity index is 1.61. The van der Waals surface area contributed by atoms with Crippen molar-refractivity contribution in [1.82, 2.24) is 10.2 Å². The third-order valence-electron chi connectivity index (χ3n) is 7.10. The molecule has 0 aromatic heterocycles. The summed E-state index contributed by atoms with van der Waals surface area (Å²) in [5, 5.41) is 22.3. The van der Waals surface area contributed by atoms with E-state index in [-0.39, 0.29) is 31.4 Å². The Morgan fingerprint density at radius 1 is 0.791 bits per heavy atom. The zero-order valence-corrected chi connectivity index (χ0v) is 24.1. The highest BCUT2D eigenvalue weighted by Gasteiger charge is 2.23. The third-order valence-corrected chi connectivity index (χ3v) is 7.10. The number of nitrogens with zero attached hydrogens (tertiary/aromatic N) is 1. The molecule has 0 fully saturated rings. The van der Waals surface area contributed by atoms with Gasteiger partial charge >= 0.3 is 5.97 Å². The Morgan fingerprint density at radius 2 is 1.40 bits per heavy atom. The fourth-order valence-electron chi connectivity index (χ4n) is 4.88. The van der Waals surface area contributed by atoms with Crippen LogP contribution in [-0.2, 0) is 11.2 Å². The Kier molecular flexibility index (Phi) is 11.0. The van der Waals surface area contributed by atoms with Crippen LogP contribution in [-0.4, -0.2) is 59.2 Å². The van der Waals surface area contributed by atoms with Crippen LogP contribution >= 0.6 is 0 Å². The van der Waals surface area contributed by atoms with E-state index in [9.17, 15) is 24.6 Å². The lowest BCUT2D eigenvalue weighted by molar-refractivity contribution is -0.137. The number of nitrogens with one attached hydrogen (secondary N) is 1. The van der Waals surface area contributed by atoms with E-state index in [0.717, 1.165) is 16.9 Å². The molecule has 0 spiro atoms. The van der Waals surface area contributed by atoms with Crippen LogP contribution < -0.4 is 10.1 Å². The number of benzene rings is 4. The van der Waals surface area contributed by atoms with E-state index < -0.39 is 12.0 Å².